The standard InChI is InChI=1S/C22H30FO8P.2Na/c1-12-8-16-15-5-4-13-9-14(24)6-7-19(13,2)21(15,23)17(25)10-20(16,3)22(12,27)18(26)11-31-32(28,29)30;;/h6-7,9,12,15-17,25,27H,4-5,8,10-11H2,1-3H3,(H2,28,29,30);;/q;2*+1/p-2/t12?,15?,16?,17?,19-,20-,21?,22-;;/m0../s1. The summed E-state index contributed by atoms with van der Waals surface area (Å²) in [5, 5.41) is 22.8. The number of hydrogen-bond donors (Lipinski definition) is 2. The SMILES string of the molecule is CC1CC2C3CCC4=CC(=O)C=C[C@]4(C)C3(F)C(O)C[C@]2(C)[C@@]1(O)C(=O)COP(=O)([O-])[O-].[Na+].[Na+]. The van der Waals surface area contributed by atoms with E-state index in [2.05, 4.69) is 4.52 Å². The quantitative estimate of drug-likeness (QED) is 0.279. The minimum absolute atomic E-state index is 0. The van der Waals surface area contributed by atoms with E-state index in [-0.39, 0.29) is 77.7 Å². The molecule has 4 rings (SSSR count). The van der Waals surface area contributed by atoms with E-state index in [4.69, 9.17) is 0 Å². The molecule has 0 saturated heterocycles. The van der Waals surface area contributed by atoms with E-state index >= 15 is 4.39 Å². The third kappa shape index (κ3) is 4.20. The molecule has 4 aliphatic rings. The number of Topliss-reactive ketones (excluding diaryl/α,β-unsaturated/α-hetero) is 1. The number of phosphoric ester groups is 1. The summed E-state index contributed by atoms with van der Waals surface area (Å²) in [6, 6.07) is 0. The van der Waals surface area contributed by atoms with Crippen molar-refractivity contribution in [1.29, 1.82) is 0 Å². The number of carbonyl (C=O) groups excluding carboxylic acids is 2. The van der Waals surface area contributed by atoms with Crippen LogP contribution in [0.3, 0.4) is 0 Å². The molecular weight excluding hydrogens is 488 g/mol. The number of halogens is 1. The Morgan fingerprint density at radius 2 is 1.91 bits per heavy atom. The molecule has 0 heterocycles. The van der Waals surface area contributed by atoms with Gasteiger partial charge in [-0.3, -0.25) is 9.59 Å². The number of fused-ring (bicyclic) bond motifs is 5. The van der Waals surface area contributed by atoms with Crippen LogP contribution in [0, 0.1) is 28.6 Å². The molecule has 0 amide bonds. The van der Waals surface area contributed by atoms with Crippen LogP contribution in [0.5, 0.6) is 0 Å². The Kier molecular flexibility index (Phi) is 8.96. The molecule has 4 aliphatic carbocycles. The van der Waals surface area contributed by atoms with Crippen molar-refractivity contribution in [2.45, 2.75) is 63.8 Å². The van der Waals surface area contributed by atoms with Gasteiger partial charge in [0.2, 0.25) is 0 Å². The number of carbonyl (C=O) groups is 2. The number of ketones is 2. The van der Waals surface area contributed by atoms with E-state index < -0.39 is 66.2 Å². The van der Waals surface area contributed by atoms with Crippen molar-refractivity contribution in [1.82, 2.24) is 0 Å². The predicted octanol–water partition coefficient (Wildman–Crippen LogP) is -5.24. The first-order valence-corrected chi connectivity index (χ1v) is 12.3. The zero-order valence-corrected chi connectivity index (χ0v) is 25.1. The number of rotatable bonds is 4. The van der Waals surface area contributed by atoms with E-state index in [0.717, 1.165) is 0 Å². The van der Waals surface area contributed by atoms with Crippen LogP contribution in [0.1, 0.15) is 46.5 Å². The maximum absolute atomic E-state index is 17.0. The van der Waals surface area contributed by atoms with E-state index in [0.29, 0.717) is 18.4 Å². The predicted molar refractivity (Wildman–Crippen MR) is 106 cm³/mol. The third-order valence-corrected chi connectivity index (χ3v) is 9.45. The normalized spacial score (nSPS) is 45.2. The summed E-state index contributed by atoms with van der Waals surface area (Å²) in [6.07, 6.45) is 3.54. The Morgan fingerprint density at radius 3 is 2.50 bits per heavy atom. The topological polar surface area (TPSA) is 147 Å². The van der Waals surface area contributed by atoms with E-state index in [1.54, 1.807) is 20.8 Å². The van der Waals surface area contributed by atoms with Crippen LogP contribution in [-0.2, 0) is 18.7 Å². The molecule has 0 aromatic heterocycles. The van der Waals surface area contributed by atoms with Crippen LogP contribution >= 0.6 is 7.82 Å². The number of aliphatic hydroxyl groups is 2. The Labute approximate surface area is 242 Å². The average Bonchev–Trinajstić information content (AvgIpc) is 2.89. The molecular formula is C22H28FNa2O8P. The van der Waals surface area contributed by atoms with Gasteiger partial charge in [-0.15, -0.1) is 0 Å². The first-order valence-electron chi connectivity index (χ1n) is 10.8. The fraction of sp³-hybridized carbons (Fsp3) is 0.727. The smallest absolute Gasteiger partial charge is 0.790 e. The Balaban J connectivity index is 0.00000204. The van der Waals surface area contributed by atoms with Crippen molar-refractivity contribution in [3.8, 4) is 0 Å². The molecule has 12 heteroatoms. The molecule has 2 N–H and O–H groups in total. The zero-order chi connectivity index (χ0) is 23.9. The fourth-order valence-corrected chi connectivity index (χ4v) is 7.66. The van der Waals surface area contributed by atoms with Gasteiger partial charge < -0.3 is 29.1 Å². The van der Waals surface area contributed by atoms with Crippen molar-refractivity contribution in [3.05, 3.63) is 23.8 Å². The Bertz CT molecular complexity index is 984. The monoisotopic (exact) mass is 516 g/mol. The second kappa shape index (κ2) is 9.83. The molecule has 3 fully saturated rings. The van der Waals surface area contributed by atoms with Crippen molar-refractivity contribution in [2.24, 2.45) is 28.6 Å². The van der Waals surface area contributed by atoms with Crippen LogP contribution in [0.2, 0.25) is 0 Å². The van der Waals surface area contributed by atoms with Crippen LogP contribution in [-0.4, -0.2) is 45.8 Å². The summed E-state index contributed by atoms with van der Waals surface area (Å²) < 4.78 is 32.0. The van der Waals surface area contributed by atoms with Crippen molar-refractivity contribution in [3.63, 3.8) is 0 Å². The van der Waals surface area contributed by atoms with Gasteiger partial charge in [-0.25, -0.2) is 4.39 Å². The van der Waals surface area contributed by atoms with Crippen molar-refractivity contribution in [2.75, 3.05) is 6.61 Å². The van der Waals surface area contributed by atoms with Gasteiger partial charge >= 0.3 is 59.1 Å². The van der Waals surface area contributed by atoms with Gasteiger partial charge in [-0.2, -0.15) is 0 Å². The van der Waals surface area contributed by atoms with Gasteiger partial charge in [-0.1, -0.05) is 25.5 Å². The molecule has 0 aromatic carbocycles. The number of alkyl halides is 1. The summed E-state index contributed by atoms with van der Waals surface area (Å²) in [5.41, 5.74) is -6.03. The van der Waals surface area contributed by atoms with Crippen molar-refractivity contribution >= 4 is 19.4 Å². The van der Waals surface area contributed by atoms with E-state index in [9.17, 15) is 34.2 Å². The third-order valence-electron chi connectivity index (χ3n) is 9.00. The molecule has 178 valence electrons. The second-order valence-corrected chi connectivity index (χ2v) is 11.5. The summed E-state index contributed by atoms with van der Waals surface area (Å²) in [6.45, 7) is 3.80. The zero-order valence-electron chi connectivity index (χ0n) is 20.2. The van der Waals surface area contributed by atoms with Crippen molar-refractivity contribution < 1.29 is 102 Å². The van der Waals surface area contributed by atoms with Crippen LogP contribution < -0.4 is 68.9 Å². The fourth-order valence-electron chi connectivity index (χ4n) is 7.39. The summed E-state index contributed by atoms with van der Waals surface area (Å²) in [5.74, 6) is -3.06. The second-order valence-electron chi connectivity index (χ2n) is 10.3. The van der Waals surface area contributed by atoms with Crippen LogP contribution in [0.4, 0.5) is 4.39 Å². The minimum atomic E-state index is -5.43. The molecule has 5 unspecified atom stereocenters. The molecule has 34 heavy (non-hydrogen) atoms. The molecule has 0 aliphatic heterocycles. The minimum Gasteiger partial charge on any atom is -0.790 e. The van der Waals surface area contributed by atoms with Gasteiger partial charge in [0.1, 0.15) is 12.2 Å². The maximum atomic E-state index is 17.0. The molecule has 8 atom stereocenters. The summed E-state index contributed by atoms with van der Waals surface area (Å²) >= 11 is 0. The number of aliphatic hydroxyl groups excluding tert-OH is 1. The molecule has 0 bridgehead atoms. The van der Waals surface area contributed by atoms with E-state index in [1.807, 2.05) is 0 Å². The van der Waals surface area contributed by atoms with Gasteiger partial charge in [-0.05, 0) is 56.6 Å². The molecule has 8 nitrogen and oxygen atoms in total. The van der Waals surface area contributed by atoms with E-state index in [1.165, 1.54) is 18.2 Å². The number of hydrogen-bond acceptors (Lipinski definition) is 8. The van der Waals surface area contributed by atoms with Gasteiger partial charge in [0.25, 0.3) is 0 Å². The number of allylic oxidation sites excluding steroid dienone is 4. The van der Waals surface area contributed by atoms with Crippen LogP contribution in [0.25, 0.3) is 0 Å². The summed E-state index contributed by atoms with van der Waals surface area (Å²) in [4.78, 5) is 46.6. The first-order chi connectivity index (χ1) is 14.6. The Morgan fingerprint density at radius 1 is 1.29 bits per heavy atom. The summed E-state index contributed by atoms with van der Waals surface area (Å²) in [7, 11) is -5.43. The van der Waals surface area contributed by atoms with Gasteiger partial charge in [0.15, 0.2) is 17.2 Å². The molecule has 3 saturated carbocycles. The van der Waals surface area contributed by atoms with Gasteiger partial charge in [0, 0.05) is 16.7 Å². The molecule has 0 spiro atoms. The largest absolute Gasteiger partial charge is 1.00 e. The van der Waals surface area contributed by atoms with Gasteiger partial charge in [0.05, 0.1) is 13.9 Å². The first kappa shape index (κ1) is 31.0. The number of phosphoric acid groups is 1. The molecule has 0 aromatic rings. The van der Waals surface area contributed by atoms with Crippen LogP contribution in [0.15, 0.2) is 23.8 Å². The maximum Gasteiger partial charge on any atom is 1.00 e. The average molecular weight is 516 g/mol. The Hall–Kier alpha value is 0.780. The molecule has 0 radical (unpaired) electrons.